The summed E-state index contributed by atoms with van der Waals surface area (Å²) in [4.78, 5) is 0. The average Bonchev–Trinajstić information content (AvgIpc) is 2.19. The van der Waals surface area contributed by atoms with Gasteiger partial charge in [0, 0.05) is 0 Å². The SMILES string of the molecule is Bc1cccc(-c2ccccc2)c1. The number of benzene rings is 2. The molecule has 0 fully saturated rings. The van der Waals surface area contributed by atoms with Gasteiger partial charge in [-0.2, -0.15) is 0 Å². The third-order valence-corrected chi connectivity index (χ3v) is 2.13. The van der Waals surface area contributed by atoms with Crippen molar-refractivity contribution >= 4 is 13.3 Å². The Labute approximate surface area is 79.6 Å². The molecule has 0 unspecified atom stereocenters. The van der Waals surface area contributed by atoms with E-state index in [0.717, 1.165) is 0 Å². The summed E-state index contributed by atoms with van der Waals surface area (Å²) >= 11 is 0. The van der Waals surface area contributed by atoms with Crippen molar-refractivity contribution in [1.29, 1.82) is 0 Å². The fourth-order valence-electron chi connectivity index (χ4n) is 1.46. The van der Waals surface area contributed by atoms with Gasteiger partial charge >= 0.3 is 0 Å². The van der Waals surface area contributed by atoms with Gasteiger partial charge < -0.3 is 0 Å². The monoisotopic (exact) mass is 166 g/mol. The molecule has 0 nitrogen and oxygen atoms in total. The van der Waals surface area contributed by atoms with Crippen LogP contribution in [0.25, 0.3) is 11.1 Å². The lowest BCUT2D eigenvalue weighted by Gasteiger charge is -2.01. The van der Waals surface area contributed by atoms with Crippen molar-refractivity contribution in [3.8, 4) is 11.1 Å². The Hall–Kier alpha value is -1.50. The van der Waals surface area contributed by atoms with E-state index in [1.807, 2.05) is 6.07 Å². The second kappa shape index (κ2) is 3.48. The van der Waals surface area contributed by atoms with E-state index in [0.29, 0.717) is 0 Å². The maximum atomic E-state index is 2.20. The first-order chi connectivity index (χ1) is 6.36. The first kappa shape index (κ1) is 8.12. The summed E-state index contributed by atoms with van der Waals surface area (Å²) in [7, 11) is 2.12. The molecular weight excluding hydrogens is 155 g/mol. The fraction of sp³-hybridized carbons (Fsp3) is 0. The van der Waals surface area contributed by atoms with Crippen LogP contribution in [0.5, 0.6) is 0 Å². The molecule has 2 rings (SSSR count). The summed E-state index contributed by atoms with van der Waals surface area (Å²) in [5.74, 6) is 0. The highest BCUT2D eigenvalue weighted by atomic mass is 14.0. The minimum atomic E-state index is 1.28. The Kier molecular flexibility index (Phi) is 2.18. The van der Waals surface area contributed by atoms with E-state index < -0.39 is 0 Å². The number of hydrogen-bond acceptors (Lipinski definition) is 0. The molecular formula is C12H11B. The lowest BCUT2D eigenvalue weighted by Crippen LogP contribution is -1.99. The standard InChI is InChI=1S/C12H11B/c13-12-8-4-7-11(9-12)10-5-2-1-3-6-10/h1-9H,13H2. The van der Waals surface area contributed by atoms with Crippen molar-refractivity contribution in [2.45, 2.75) is 0 Å². The predicted octanol–water partition coefficient (Wildman–Crippen LogP) is 1.61. The molecule has 0 bridgehead atoms. The van der Waals surface area contributed by atoms with Crippen LogP contribution in [0.1, 0.15) is 0 Å². The van der Waals surface area contributed by atoms with Gasteiger partial charge in [0.2, 0.25) is 0 Å². The highest BCUT2D eigenvalue weighted by Crippen LogP contribution is 2.16. The van der Waals surface area contributed by atoms with Crippen LogP contribution in [0.15, 0.2) is 54.6 Å². The van der Waals surface area contributed by atoms with Crippen LogP contribution >= 0.6 is 0 Å². The molecule has 0 spiro atoms. The van der Waals surface area contributed by atoms with Gasteiger partial charge in [0.05, 0.1) is 0 Å². The first-order valence-corrected chi connectivity index (χ1v) is 4.48. The highest BCUT2D eigenvalue weighted by molar-refractivity contribution is 6.32. The predicted molar refractivity (Wildman–Crippen MR) is 60.1 cm³/mol. The number of rotatable bonds is 1. The minimum absolute atomic E-state index is 1.28. The van der Waals surface area contributed by atoms with E-state index >= 15 is 0 Å². The maximum absolute atomic E-state index is 2.20. The molecule has 0 aromatic heterocycles. The van der Waals surface area contributed by atoms with Crippen LogP contribution in [0.4, 0.5) is 0 Å². The van der Waals surface area contributed by atoms with E-state index in [9.17, 15) is 0 Å². The molecule has 1 heteroatoms. The van der Waals surface area contributed by atoms with Gasteiger partial charge in [0.25, 0.3) is 0 Å². The Balaban J connectivity index is 2.48. The van der Waals surface area contributed by atoms with Gasteiger partial charge in [-0.25, -0.2) is 0 Å². The molecule has 0 aliphatic carbocycles. The summed E-state index contributed by atoms with van der Waals surface area (Å²) in [5.41, 5.74) is 3.88. The summed E-state index contributed by atoms with van der Waals surface area (Å²) in [6.07, 6.45) is 0. The van der Waals surface area contributed by atoms with Gasteiger partial charge in [-0.1, -0.05) is 60.1 Å². The van der Waals surface area contributed by atoms with Crippen LogP contribution < -0.4 is 5.46 Å². The van der Waals surface area contributed by atoms with Crippen LogP contribution in [0.3, 0.4) is 0 Å². The van der Waals surface area contributed by atoms with E-state index in [4.69, 9.17) is 0 Å². The van der Waals surface area contributed by atoms with E-state index in [1.54, 1.807) is 0 Å². The topological polar surface area (TPSA) is 0 Å². The second-order valence-electron chi connectivity index (χ2n) is 3.24. The van der Waals surface area contributed by atoms with E-state index in [2.05, 4.69) is 56.4 Å². The van der Waals surface area contributed by atoms with Crippen molar-refractivity contribution in [1.82, 2.24) is 0 Å². The lowest BCUT2D eigenvalue weighted by atomic mass is 9.92. The third kappa shape index (κ3) is 1.81. The van der Waals surface area contributed by atoms with Crippen molar-refractivity contribution in [2.75, 3.05) is 0 Å². The molecule has 13 heavy (non-hydrogen) atoms. The molecule has 0 amide bonds. The first-order valence-electron chi connectivity index (χ1n) is 4.48. The fourth-order valence-corrected chi connectivity index (χ4v) is 1.46. The Morgan fingerprint density at radius 2 is 1.38 bits per heavy atom. The van der Waals surface area contributed by atoms with Crippen molar-refractivity contribution in [3.63, 3.8) is 0 Å². The molecule has 2 aromatic carbocycles. The molecule has 62 valence electrons. The van der Waals surface area contributed by atoms with Crippen molar-refractivity contribution < 1.29 is 0 Å². The zero-order chi connectivity index (χ0) is 9.10. The maximum Gasteiger partial charge on any atom is 0.139 e. The van der Waals surface area contributed by atoms with Gasteiger partial charge in [-0.3, -0.25) is 0 Å². The molecule has 0 saturated heterocycles. The molecule has 0 N–H and O–H groups in total. The minimum Gasteiger partial charge on any atom is -0.0884 e. The van der Waals surface area contributed by atoms with E-state index in [-0.39, 0.29) is 0 Å². The summed E-state index contributed by atoms with van der Waals surface area (Å²) < 4.78 is 0. The zero-order valence-corrected chi connectivity index (χ0v) is 7.70. The number of hydrogen-bond donors (Lipinski definition) is 0. The lowest BCUT2D eigenvalue weighted by molar-refractivity contribution is 1.64. The molecule has 0 saturated carbocycles. The largest absolute Gasteiger partial charge is 0.139 e. The molecule has 2 aromatic rings. The Bertz CT molecular complexity index is 393. The summed E-state index contributed by atoms with van der Waals surface area (Å²) in [6, 6.07) is 19.0. The van der Waals surface area contributed by atoms with Crippen LogP contribution in [-0.2, 0) is 0 Å². The summed E-state index contributed by atoms with van der Waals surface area (Å²) in [5, 5.41) is 0. The van der Waals surface area contributed by atoms with Crippen LogP contribution in [0, 0.1) is 0 Å². The van der Waals surface area contributed by atoms with Crippen molar-refractivity contribution in [3.05, 3.63) is 54.6 Å². The third-order valence-electron chi connectivity index (χ3n) is 2.13. The van der Waals surface area contributed by atoms with Crippen molar-refractivity contribution in [2.24, 2.45) is 0 Å². The average molecular weight is 166 g/mol. The Morgan fingerprint density at radius 1 is 0.692 bits per heavy atom. The van der Waals surface area contributed by atoms with Crippen LogP contribution in [-0.4, -0.2) is 7.85 Å². The molecule has 0 radical (unpaired) electrons. The van der Waals surface area contributed by atoms with E-state index in [1.165, 1.54) is 16.6 Å². The Morgan fingerprint density at radius 3 is 2.08 bits per heavy atom. The molecule has 0 aliphatic heterocycles. The smallest absolute Gasteiger partial charge is 0.0884 e. The van der Waals surface area contributed by atoms with Gasteiger partial charge in [-0.05, 0) is 11.1 Å². The molecule has 0 aliphatic rings. The van der Waals surface area contributed by atoms with Gasteiger partial charge in [-0.15, -0.1) is 0 Å². The zero-order valence-electron chi connectivity index (χ0n) is 7.70. The van der Waals surface area contributed by atoms with Gasteiger partial charge in [0.15, 0.2) is 0 Å². The molecule has 0 heterocycles. The second-order valence-corrected chi connectivity index (χ2v) is 3.24. The van der Waals surface area contributed by atoms with Gasteiger partial charge in [0.1, 0.15) is 7.85 Å². The quantitative estimate of drug-likeness (QED) is 0.564. The molecule has 0 atom stereocenters. The summed E-state index contributed by atoms with van der Waals surface area (Å²) in [6.45, 7) is 0. The van der Waals surface area contributed by atoms with Crippen LogP contribution in [0.2, 0.25) is 0 Å². The highest BCUT2D eigenvalue weighted by Gasteiger charge is 1.94. The normalized spacial score (nSPS) is 9.85.